The molecule has 2 atom stereocenters. The van der Waals surface area contributed by atoms with Crippen molar-refractivity contribution in [2.75, 3.05) is 20.2 Å². The van der Waals surface area contributed by atoms with Crippen LogP contribution in [0.15, 0.2) is 24.3 Å². The highest BCUT2D eigenvalue weighted by Gasteiger charge is 2.33. The number of carboxylic acids is 1. The number of amides is 1. The van der Waals surface area contributed by atoms with Crippen LogP contribution in [0.25, 0.3) is 0 Å². The molecule has 0 bridgehead atoms. The molecule has 1 aromatic rings. The topological polar surface area (TPSA) is 76.1 Å². The molecule has 1 aliphatic heterocycles. The van der Waals surface area contributed by atoms with Gasteiger partial charge in [0.05, 0.1) is 19.3 Å². The lowest BCUT2D eigenvalue weighted by Gasteiger charge is -2.35. The van der Waals surface area contributed by atoms with Crippen molar-refractivity contribution in [3.05, 3.63) is 35.4 Å². The molecular weight excluding hydrogens is 274 g/mol. The summed E-state index contributed by atoms with van der Waals surface area (Å²) < 4.78 is 10.4. The van der Waals surface area contributed by atoms with Gasteiger partial charge in [0.2, 0.25) is 0 Å². The smallest absolute Gasteiger partial charge is 0.334 e. The molecule has 1 N–H and O–H groups in total. The molecule has 6 heteroatoms. The number of rotatable bonds is 4. The minimum Gasteiger partial charge on any atom is -0.479 e. The molecule has 1 saturated heterocycles. The number of ether oxygens (including phenoxy) is 2. The molecule has 1 heterocycles. The molecule has 1 fully saturated rings. The number of hydrogen-bond donors (Lipinski definition) is 1. The number of morpholine rings is 1. The maximum atomic E-state index is 12.6. The third-order valence-electron chi connectivity index (χ3n) is 3.37. The Morgan fingerprint density at radius 1 is 1.38 bits per heavy atom. The van der Waals surface area contributed by atoms with Gasteiger partial charge in [-0.1, -0.05) is 18.2 Å². The number of carbonyl (C=O) groups is 2. The first-order chi connectivity index (χ1) is 10.0. The van der Waals surface area contributed by atoms with Gasteiger partial charge in [-0.05, 0) is 18.6 Å². The lowest BCUT2D eigenvalue weighted by atomic mass is 10.1. The highest BCUT2D eigenvalue weighted by molar-refractivity contribution is 5.96. The molecule has 1 amide bonds. The summed E-state index contributed by atoms with van der Waals surface area (Å²) >= 11 is 0. The number of carbonyl (C=O) groups excluding carboxylic acids is 1. The van der Waals surface area contributed by atoms with E-state index in [0.717, 1.165) is 5.56 Å². The minimum absolute atomic E-state index is 0.0554. The zero-order chi connectivity index (χ0) is 15.4. The summed E-state index contributed by atoms with van der Waals surface area (Å²) in [7, 11) is 1.57. The number of hydrogen-bond acceptors (Lipinski definition) is 4. The minimum atomic E-state index is -1.05. The van der Waals surface area contributed by atoms with E-state index in [0.29, 0.717) is 18.7 Å². The summed E-state index contributed by atoms with van der Waals surface area (Å²) in [6, 6.07) is 7.18. The second-order valence-electron chi connectivity index (χ2n) is 5.07. The van der Waals surface area contributed by atoms with Gasteiger partial charge in [-0.3, -0.25) is 4.79 Å². The Hall–Kier alpha value is -1.92. The van der Waals surface area contributed by atoms with Gasteiger partial charge in [0.25, 0.3) is 5.91 Å². The fourth-order valence-corrected chi connectivity index (χ4v) is 2.43. The van der Waals surface area contributed by atoms with Gasteiger partial charge >= 0.3 is 5.97 Å². The van der Waals surface area contributed by atoms with Crippen molar-refractivity contribution < 1.29 is 24.2 Å². The second-order valence-corrected chi connectivity index (χ2v) is 5.07. The molecule has 1 aromatic carbocycles. The maximum Gasteiger partial charge on any atom is 0.334 e. The molecule has 6 nitrogen and oxygen atoms in total. The monoisotopic (exact) mass is 293 g/mol. The predicted octanol–water partition coefficient (Wildman–Crippen LogP) is 1.15. The molecule has 0 aliphatic carbocycles. The Bertz CT molecular complexity index is 531. The van der Waals surface area contributed by atoms with Crippen LogP contribution in [0.3, 0.4) is 0 Å². The fraction of sp³-hybridized carbons (Fsp3) is 0.467. The van der Waals surface area contributed by atoms with Gasteiger partial charge < -0.3 is 19.5 Å². The zero-order valence-corrected chi connectivity index (χ0v) is 12.1. The van der Waals surface area contributed by atoms with Crippen LogP contribution in [0.5, 0.6) is 0 Å². The Labute approximate surface area is 123 Å². The van der Waals surface area contributed by atoms with Gasteiger partial charge in [-0.25, -0.2) is 4.79 Å². The number of benzene rings is 1. The van der Waals surface area contributed by atoms with Crippen LogP contribution < -0.4 is 0 Å². The summed E-state index contributed by atoms with van der Waals surface area (Å²) in [5.74, 6) is -1.24. The van der Waals surface area contributed by atoms with Crippen molar-refractivity contribution in [3.8, 4) is 0 Å². The lowest BCUT2D eigenvalue weighted by Crippen LogP contribution is -2.51. The van der Waals surface area contributed by atoms with E-state index >= 15 is 0 Å². The molecule has 114 valence electrons. The van der Waals surface area contributed by atoms with E-state index in [1.807, 2.05) is 12.1 Å². The molecular formula is C15H19NO5. The quantitative estimate of drug-likeness (QED) is 0.901. The molecule has 2 rings (SSSR count). The van der Waals surface area contributed by atoms with Crippen molar-refractivity contribution in [2.45, 2.75) is 25.7 Å². The molecule has 0 spiro atoms. The summed E-state index contributed by atoms with van der Waals surface area (Å²) in [6.45, 7) is 2.53. The van der Waals surface area contributed by atoms with Crippen LogP contribution in [0.4, 0.5) is 0 Å². The first-order valence-electron chi connectivity index (χ1n) is 6.77. The maximum absolute atomic E-state index is 12.6. The van der Waals surface area contributed by atoms with Crippen LogP contribution in [0, 0.1) is 0 Å². The van der Waals surface area contributed by atoms with E-state index in [1.165, 1.54) is 4.90 Å². The predicted molar refractivity (Wildman–Crippen MR) is 75.0 cm³/mol. The summed E-state index contributed by atoms with van der Waals surface area (Å²) in [5, 5.41) is 9.08. The van der Waals surface area contributed by atoms with Gasteiger partial charge in [0.15, 0.2) is 6.10 Å². The van der Waals surface area contributed by atoms with E-state index in [9.17, 15) is 9.59 Å². The summed E-state index contributed by atoms with van der Waals surface area (Å²) in [6.07, 6.45) is -1.29. The zero-order valence-electron chi connectivity index (χ0n) is 12.1. The third kappa shape index (κ3) is 3.59. The number of carboxylic acid groups (broad SMARTS) is 1. The first-order valence-corrected chi connectivity index (χ1v) is 6.77. The standard InChI is InChI=1S/C15H19NO5/c1-10-7-16(8-13(21-10)15(18)19)14(17)12-6-4-3-5-11(12)9-20-2/h3-6,10,13H,7-9H2,1-2H3,(H,18,19)/t10-,13?/m1/s1. The molecule has 0 aromatic heterocycles. The summed E-state index contributed by atoms with van der Waals surface area (Å²) in [4.78, 5) is 25.3. The highest BCUT2D eigenvalue weighted by atomic mass is 16.5. The van der Waals surface area contributed by atoms with Gasteiger partial charge in [0, 0.05) is 19.2 Å². The van der Waals surface area contributed by atoms with Crippen LogP contribution in [0.2, 0.25) is 0 Å². The SMILES string of the molecule is COCc1ccccc1C(=O)N1CC(C(=O)O)O[C@H](C)C1. The van der Waals surface area contributed by atoms with Crippen molar-refractivity contribution in [1.82, 2.24) is 4.90 Å². The third-order valence-corrected chi connectivity index (χ3v) is 3.37. The van der Waals surface area contributed by atoms with E-state index in [2.05, 4.69) is 0 Å². The molecule has 0 radical (unpaired) electrons. The number of aliphatic carboxylic acids is 1. The second kappa shape index (κ2) is 6.69. The van der Waals surface area contributed by atoms with Crippen LogP contribution in [0.1, 0.15) is 22.8 Å². The van der Waals surface area contributed by atoms with Crippen LogP contribution in [-0.4, -0.2) is 54.3 Å². The molecule has 0 saturated carbocycles. The van der Waals surface area contributed by atoms with Crippen molar-refractivity contribution in [3.63, 3.8) is 0 Å². The Balaban J connectivity index is 2.21. The largest absolute Gasteiger partial charge is 0.479 e. The summed E-state index contributed by atoms with van der Waals surface area (Å²) in [5.41, 5.74) is 1.33. The molecule has 21 heavy (non-hydrogen) atoms. The molecule has 1 unspecified atom stereocenters. The molecule has 1 aliphatic rings. The van der Waals surface area contributed by atoms with Gasteiger partial charge in [-0.2, -0.15) is 0 Å². The Morgan fingerprint density at radius 2 is 2.10 bits per heavy atom. The van der Waals surface area contributed by atoms with E-state index < -0.39 is 12.1 Å². The van der Waals surface area contributed by atoms with Crippen molar-refractivity contribution >= 4 is 11.9 Å². The number of nitrogens with zero attached hydrogens (tertiary/aromatic N) is 1. The number of methoxy groups -OCH3 is 1. The van der Waals surface area contributed by atoms with Crippen LogP contribution in [-0.2, 0) is 20.9 Å². The Morgan fingerprint density at radius 3 is 2.76 bits per heavy atom. The van der Waals surface area contributed by atoms with Crippen molar-refractivity contribution in [1.29, 1.82) is 0 Å². The Kier molecular flexibility index (Phi) is 4.93. The average molecular weight is 293 g/mol. The van der Waals surface area contributed by atoms with Gasteiger partial charge in [0.1, 0.15) is 0 Å². The average Bonchev–Trinajstić information content (AvgIpc) is 2.47. The van der Waals surface area contributed by atoms with Crippen molar-refractivity contribution in [2.24, 2.45) is 0 Å². The normalized spacial score (nSPS) is 22.1. The van der Waals surface area contributed by atoms with E-state index in [-0.39, 0.29) is 18.6 Å². The highest BCUT2D eigenvalue weighted by Crippen LogP contribution is 2.18. The van der Waals surface area contributed by atoms with E-state index in [4.69, 9.17) is 14.6 Å². The first kappa shape index (κ1) is 15.5. The fourth-order valence-electron chi connectivity index (χ4n) is 2.43. The van der Waals surface area contributed by atoms with Gasteiger partial charge in [-0.15, -0.1) is 0 Å². The van der Waals surface area contributed by atoms with E-state index in [1.54, 1.807) is 26.2 Å². The lowest BCUT2D eigenvalue weighted by molar-refractivity contribution is -0.160. The van der Waals surface area contributed by atoms with Crippen LogP contribution >= 0.6 is 0 Å².